The van der Waals surface area contributed by atoms with Crippen LogP contribution < -0.4 is 0 Å². The summed E-state index contributed by atoms with van der Waals surface area (Å²) in [5.74, 6) is 0. The number of hydrogen-bond donors (Lipinski definition) is 0. The Kier molecular flexibility index (Phi) is 109000. The standard InChI is InChI=1S/10Al.20H2O.30H/h;;;;;;;;;;20*1H2;;;;;;;;;;;;;;;;;;;;;;;;;;;;;;. The van der Waals surface area contributed by atoms with Gasteiger partial charge in [0.15, 0.2) is 174 Å². The van der Waals surface area contributed by atoms with Crippen LogP contribution in [-0.4, -0.2) is 283 Å². The Bertz CT molecular complexity index is 27.5. The van der Waals surface area contributed by atoms with E-state index in [0.717, 1.165) is 0 Å². The second kappa shape index (κ2) is 1730. The molecule has 220 valence electrons. The second-order valence-electron chi connectivity index (χ2n) is 0. The molecule has 0 fully saturated rings. The lowest BCUT2D eigenvalue weighted by Gasteiger charge is -0.413. The van der Waals surface area contributed by atoms with Gasteiger partial charge in [-0.15, -0.1) is 0 Å². The average molecular weight is 660 g/mol. The van der Waals surface area contributed by atoms with Gasteiger partial charge >= 0.3 is 0 Å². The molecular formula is H70Al10O20. The molecule has 0 aliphatic heterocycles. The summed E-state index contributed by atoms with van der Waals surface area (Å²) in [6.45, 7) is 0. The molecule has 30 heteroatoms. The Morgan fingerprint density at radius 1 is 0.0667 bits per heavy atom. The monoisotopic (exact) mass is 660 g/mol. The first kappa shape index (κ1) is 1900. The van der Waals surface area contributed by atoms with Crippen molar-refractivity contribution in [2.24, 2.45) is 0 Å². The van der Waals surface area contributed by atoms with E-state index in [2.05, 4.69) is 0 Å². The lowest BCUT2D eigenvalue weighted by molar-refractivity contribution is 0.823. The molecule has 0 radical (unpaired) electrons. The molecule has 0 aromatic rings. The van der Waals surface area contributed by atoms with Crippen LogP contribution in [0.3, 0.4) is 0 Å². The highest BCUT2D eigenvalue weighted by Crippen LogP contribution is -0.268. The van der Waals surface area contributed by atoms with Crippen LogP contribution in [0.25, 0.3) is 0 Å². The van der Waals surface area contributed by atoms with Gasteiger partial charge in [0, 0.05) is 0 Å². The van der Waals surface area contributed by atoms with E-state index in [1.165, 1.54) is 0 Å². The first-order valence-corrected chi connectivity index (χ1v) is 0. The van der Waals surface area contributed by atoms with Crippen LogP contribution >= 0.6 is 0 Å². The molecular weight excluding hydrogens is 590 g/mol. The van der Waals surface area contributed by atoms with Gasteiger partial charge in [-0.3, -0.25) is 0 Å². The van der Waals surface area contributed by atoms with E-state index in [4.69, 9.17) is 0 Å². The summed E-state index contributed by atoms with van der Waals surface area (Å²) in [6.07, 6.45) is 0. The number of hydrogen-bond acceptors (Lipinski definition) is 0. The molecule has 0 saturated carbocycles. The largest absolute Gasteiger partial charge is 0.412 e. The summed E-state index contributed by atoms with van der Waals surface area (Å²) in [4.78, 5) is 0. The minimum Gasteiger partial charge on any atom is -0.412 e. The lowest BCUT2D eigenvalue weighted by atomic mass is 16.0. The quantitative estimate of drug-likeness (QED) is 0.218. The Balaban J connectivity index is 0. The second-order valence-corrected chi connectivity index (χ2v) is 0. The molecule has 0 saturated heterocycles. The molecule has 0 aromatic carbocycles. The van der Waals surface area contributed by atoms with Crippen molar-refractivity contribution in [1.82, 2.24) is 0 Å². The zero-order valence-electron chi connectivity index (χ0n) is 10.0. The summed E-state index contributed by atoms with van der Waals surface area (Å²) >= 11 is 0. The molecule has 0 heterocycles. The smallest absolute Gasteiger partial charge is 0.187 e. The normalized spacial score (nSPS) is 0. The van der Waals surface area contributed by atoms with Crippen LogP contribution in [0.2, 0.25) is 0 Å². The molecule has 0 unspecified atom stereocenters. The van der Waals surface area contributed by atoms with Gasteiger partial charge in [-0.05, 0) is 0 Å². The van der Waals surface area contributed by atoms with Crippen molar-refractivity contribution in [3.8, 4) is 0 Å². The van der Waals surface area contributed by atoms with Gasteiger partial charge in [-0.1, -0.05) is 0 Å². The maximum atomic E-state index is 0. The van der Waals surface area contributed by atoms with Crippen LogP contribution in [0, 0.1) is 0 Å². The van der Waals surface area contributed by atoms with Crippen molar-refractivity contribution in [2.75, 3.05) is 0 Å². The van der Waals surface area contributed by atoms with Gasteiger partial charge in [0.05, 0.1) is 0 Å². The van der Waals surface area contributed by atoms with Crippen molar-refractivity contribution in [1.29, 1.82) is 0 Å². The fourth-order valence-corrected chi connectivity index (χ4v) is 0. The van der Waals surface area contributed by atoms with E-state index in [0.29, 0.717) is 0 Å². The SMILES string of the molecule is O.O.O.O.O.O.O.O.O.O.O.O.O.O.O.O.O.O.O.O.[AlH3].[AlH3].[AlH3].[AlH3].[AlH3].[AlH3].[AlH3].[AlH3].[AlH3].[AlH3]. The van der Waals surface area contributed by atoms with E-state index < -0.39 is 0 Å². The fourth-order valence-electron chi connectivity index (χ4n) is 0. The zero-order chi connectivity index (χ0) is 0. The highest BCUT2D eigenvalue weighted by molar-refractivity contribution is 5.76. The molecule has 0 aliphatic rings. The number of rotatable bonds is 0. The zero-order valence-corrected chi connectivity index (χ0v) is 10.0. The summed E-state index contributed by atoms with van der Waals surface area (Å²) in [5, 5.41) is 0. The molecule has 0 bridgehead atoms. The summed E-state index contributed by atoms with van der Waals surface area (Å²) in [6, 6.07) is 0. The predicted molar refractivity (Wildman–Crippen MR) is 172 cm³/mol. The van der Waals surface area contributed by atoms with Crippen molar-refractivity contribution in [3.05, 3.63) is 0 Å². The van der Waals surface area contributed by atoms with Crippen LogP contribution in [0.5, 0.6) is 0 Å². The maximum absolute atomic E-state index is 0. The molecule has 40 N–H and O–H groups in total. The van der Waals surface area contributed by atoms with Gasteiger partial charge in [-0.2, -0.15) is 0 Å². The van der Waals surface area contributed by atoms with Crippen molar-refractivity contribution in [2.45, 2.75) is 0 Å². The first-order chi connectivity index (χ1) is 0. The topological polar surface area (TPSA) is 630 Å². The Hall–Kier alpha value is 4.52. The van der Waals surface area contributed by atoms with E-state index >= 15 is 0 Å². The van der Waals surface area contributed by atoms with Crippen molar-refractivity contribution in [3.63, 3.8) is 0 Å². The highest BCUT2D eigenvalue weighted by atomic mass is 27.0. The fraction of sp³-hybridized carbons (Fsp3) is 0. The van der Waals surface area contributed by atoms with Gasteiger partial charge in [-0.25, -0.2) is 0 Å². The van der Waals surface area contributed by atoms with Crippen molar-refractivity contribution < 1.29 is 110 Å². The molecule has 0 rings (SSSR count). The van der Waals surface area contributed by atoms with E-state index in [1.807, 2.05) is 0 Å². The van der Waals surface area contributed by atoms with E-state index in [-0.39, 0.29) is 283 Å². The average Bonchev–Trinajstić information content (AvgIpc) is 0. The lowest BCUT2D eigenvalue weighted by Crippen LogP contribution is -0.382. The van der Waals surface area contributed by atoms with Crippen molar-refractivity contribution >= 4 is 174 Å². The van der Waals surface area contributed by atoms with Crippen LogP contribution in [-0.2, 0) is 0 Å². The van der Waals surface area contributed by atoms with Crippen LogP contribution in [0.1, 0.15) is 0 Å². The third kappa shape index (κ3) is 1580. The third-order valence-corrected chi connectivity index (χ3v) is 0. The van der Waals surface area contributed by atoms with Crippen LogP contribution in [0.15, 0.2) is 0 Å². The summed E-state index contributed by atoms with van der Waals surface area (Å²) in [7, 11) is 0. The highest BCUT2D eigenvalue weighted by Gasteiger charge is 0.196. The molecule has 30 heavy (non-hydrogen) atoms. The third-order valence-electron chi connectivity index (χ3n) is 0. The molecule has 0 aromatic heterocycles. The van der Waals surface area contributed by atoms with E-state index in [9.17, 15) is 0 Å². The Labute approximate surface area is 280 Å². The van der Waals surface area contributed by atoms with Crippen LogP contribution in [0.4, 0.5) is 0 Å². The van der Waals surface area contributed by atoms with Gasteiger partial charge in [0.1, 0.15) is 0 Å². The molecule has 0 spiro atoms. The van der Waals surface area contributed by atoms with Gasteiger partial charge in [0.25, 0.3) is 0 Å². The van der Waals surface area contributed by atoms with E-state index in [1.54, 1.807) is 0 Å². The Morgan fingerprint density at radius 2 is 0.0667 bits per heavy atom. The minimum atomic E-state index is 0. The summed E-state index contributed by atoms with van der Waals surface area (Å²) in [5.41, 5.74) is 0. The molecule has 0 amide bonds. The Morgan fingerprint density at radius 3 is 0.0667 bits per heavy atom. The molecule has 20 nitrogen and oxygen atoms in total. The predicted octanol–water partition coefficient (Wildman–Crippen LogP) is -28.3. The maximum Gasteiger partial charge on any atom is 0.187 e. The minimum absolute atomic E-state index is 0. The summed E-state index contributed by atoms with van der Waals surface area (Å²) < 4.78 is 0. The molecule has 0 atom stereocenters. The first-order valence-electron chi connectivity index (χ1n) is 0. The van der Waals surface area contributed by atoms with Gasteiger partial charge in [0.2, 0.25) is 0 Å². The van der Waals surface area contributed by atoms with Gasteiger partial charge < -0.3 is 110 Å². The molecule has 0 aliphatic carbocycles.